The summed E-state index contributed by atoms with van der Waals surface area (Å²) in [7, 11) is 1.79. The molecule has 0 saturated heterocycles. The van der Waals surface area contributed by atoms with E-state index in [1.807, 2.05) is 26.8 Å². The van der Waals surface area contributed by atoms with E-state index in [1.165, 1.54) is 0 Å². The fourth-order valence-corrected chi connectivity index (χ4v) is 2.01. The lowest BCUT2D eigenvalue weighted by Crippen LogP contribution is -2.27. The third-order valence-corrected chi connectivity index (χ3v) is 3.01. The fraction of sp³-hybridized carbons (Fsp3) is 0.278. The van der Waals surface area contributed by atoms with Crippen molar-refractivity contribution in [2.24, 2.45) is 0 Å². The van der Waals surface area contributed by atoms with Gasteiger partial charge >= 0.3 is 6.09 Å². The van der Waals surface area contributed by atoms with E-state index in [1.54, 1.807) is 43.4 Å². The lowest BCUT2D eigenvalue weighted by molar-refractivity contribution is 0.0636. The first-order valence-corrected chi connectivity index (χ1v) is 7.62. The molecule has 0 heterocycles. The van der Waals surface area contributed by atoms with Crippen molar-refractivity contribution in [2.75, 3.05) is 23.4 Å². The second-order valence-electron chi connectivity index (χ2n) is 6.26. The van der Waals surface area contributed by atoms with Crippen LogP contribution in [-0.2, 0) is 4.74 Å². The molecule has 128 valence electrons. The van der Waals surface area contributed by atoms with E-state index in [2.05, 4.69) is 10.6 Å². The molecule has 0 unspecified atom stereocenters. The monoisotopic (exact) mass is 329 g/mol. The standard InChI is InChI=1S/C18H23N3O3/c1-18(2,3)24-17(22)21-12-6-5-7-13(10-12)23-14-8-9-15(19)16(11-14)20-4/h5-11,20H,19H2,1-4H3,(H,21,22). The van der Waals surface area contributed by atoms with E-state index >= 15 is 0 Å². The third kappa shape index (κ3) is 5.08. The van der Waals surface area contributed by atoms with E-state index in [0.29, 0.717) is 22.9 Å². The lowest BCUT2D eigenvalue weighted by atomic mass is 10.2. The Morgan fingerprint density at radius 1 is 1.08 bits per heavy atom. The van der Waals surface area contributed by atoms with Gasteiger partial charge in [0.05, 0.1) is 11.4 Å². The van der Waals surface area contributed by atoms with Crippen molar-refractivity contribution in [1.29, 1.82) is 0 Å². The van der Waals surface area contributed by atoms with Crippen molar-refractivity contribution in [3.63, 3.8) is 0 Å². The summed E-state index contributed by atoms with van der Waals surface area (Å²) in [4.78, 5) is 11.8. The van der Waals surface area contributed by atoms with Crippen molar-refractivity contribution in [1.82, 2.24) is 0 Å². The number of nitrogens with one attached hydrogen (secondary N) is 2. The first kappa shape index (κ1) is 17.5. The Hall–Kier alpha value is -2.89. The van der Waals surface area contributed by atoms with Crippen LogP contribution in [0.4, 0.5) is 21.9 Å². The number of nitrogen functional groups attached to an aromatic ring is 1. The molecule has 0 aliphatic rings. The van der Waals surface area contributed by atoms with Crippen molar-refractivity contribution >= 4 is 23.2 Å². The molecule has 0 spiro atoms. The molecule has 0 radical (unpaired) electrons. The fourth-order valence-electron chi connectivity index (χ4n) is 2.01. The van der Waals surface area contributed by atoms with Gasteiger partial charge in [-0.1, -0.05) is 6.07 Å². The summed E-state index contributed by atoms with van der Waals surface area (Å²) in [6, 6.07) is 12.4. The highest BCUT2D eigenvalue weighted by Crippen LogP contribution is 2.29. The zero-order valence-corrected chi connectivity index (χ0v) is 14.3. The Labute approximate surface area is 142 Å². The maximum absolute atomic E-state index is 11.8. The summed E-state index contributed by atoms with van der Waals surface area (Å²) in [6.07, 6.45) is -0.510. The number of benzene rings is 2. The zero-order chi connectivity index (χ0) is 17.7. The Balaban J connectivity index is 2.09. The Kier molecular flexibility index (Phi) is 5.18. The van der Waals surface area contributed by atoms with Gasteiger partial charge in [0.25, 0.3) is 0 Å². The molecule has 0 aliphatic heterocycles. The summed E-state index contributed by atoms with van der Waals surface area (Å²) in [5.41, 5.74) is 7.31. The Bertz CT molecular complexity index is 724. The zero-order valence-electron chi connectivity index (χ0n) is 14.3. The predicted molar refractivity (Wildman–Crippen MR) is 96.8 cm³/mol. The van der Waals surface area contributed by atoms with E-state index in [9.17, 15) is 4.79 Å². The van der Waals surface area contributed by atoms with Crippen LogP contribution in [0.2, 0.25) is 0 Å². The van der Waals surface area contributed by atoms with Gasteiger partial charge in [0.15, 0.2) is 0 Å². The van der Waals surface area contributed by atoms with Crippen LogP contribution in [0.15, 0.2) is 42.5 Å². The number of amides is 1. The van der Waals surface area contributed by atoms with Gasteiger partial charge in [-0.25, -0.2) is 4.79 Å². The van der Waals surface area contributed by atoms with E-state index in [-0.39, 0.29) is 0 Å². The molecule has 1 amide bonds. The molecule has 6 heteroatoms. The van der Waals surface area contributed by atoms with Gasteiger partial charge in [-0.15, -0.1) is 0 Å². The third-order valence-electron chi connectivity index (χ3n) is 3.01. The molecule has 0 aliphatic carbocycles. The largest absolute Gasteiger partial charge is 0.457 e. The molecule has 0 saturated carbocycles. The molecule has 0 aromatic heterocycles. The van der Waals surface area contributed by atoms with Gasteiger partial charge in [0, 0.05) is 24.9 Å². The molecule has 2 rings (SSSR count). The van der Waals surface area contributed by atoms with Crippen LogP contribution in [0.3, 0.4) is 0 Å². The summed E-state index contributed by atoms with van der Waals surface area (Å²) < 4.78 is 11.0. The minimum atomic E-state index is -0.550. The van der Waals surface area contributed by atoms with E-state index in [4.69, 9.17) is 15.2 Å². The second-order valence-corrected chi connectivity index (χ2v) is 6.26. The van der Waals surface area contributed by atoms with Crippen LogP contribution < -0.4 is 21.1 Å². The second kappa shape index (κ2) is 7.12. The van der Waals surface area contributed by atoms with Crippen molar-refractivity contribution in [3.05, 3.63) is 42.5 Å². The Morgan fingerprint density at radius 2 is 1.79 bits per heavy atom. The van der Waals surface area contributed by atoms with Gasteiger partial charge in [0.2, 0.25) is 0 Å². The van der Waals surface area contributed by atoms with E-state index in [0.717, 1.165) is 5.69 Å². The number of carbonyl (C=O) groups is 1. The van der Waals surface area contributed by atoms with E-state index < -0.39 is 11.7 Å². The molecule has 24 heavy (non-hydrogen) atoms. The molecular weight excluding hydrogens is 306 g/mol. The highest BCUT2D eigenvalue weighted by Gasteiger charge is 2.16. The van der Waals surface area contributed by atoms with Gasteiger partial charge in [-0.2, -0.15) is 0 Å². The van der Waals surface area contributed by atoms with Crippen LogP contribution in [0.5, 0.6) is 11.5 Å². The van der Waals surface area contributed by atoms with Crippen LogP contribution in [0, 0.1) is 0 Å². The molecule has 0 fully saturated rings. The molecule has 0 atom stereocenters. The molecular formula is C18H23N3O3. The highest BCUT2D eigenvalue weighted by atomic mass is 16.6. The number of hydrogen-bond acceptors (Lipinski definition) is 5. The summed E-state index contributed by atoms with van der Waals surface area (Å²) in [5, 5.41) is 5.68. The first-order chi connectivity index (χ1) is 11.3. The minimum absolute atomic E-state index is 0.510. The summed E-state index contributed by atoms with van der Waals surface area (Å²) in [6.45, 7) is 5.44. The maximum atomic E-state index is 11.8. The van der Waals surface area contributed by atoms with Gasteiger partial charge in [-0.3, -0.25) is 5.32 Å². The van der Waals surface area contributed by atoms with Gasteiger partial charge in [-0.05, 0) is 45.0 Å². The number of ether oxygens (including phenoxy) is 2. The maximum Gasteiger partial charge on any atom is 0.412 e. The average molecular weight is 329 g/mol. The smallest absolute Gasteiger partial charge is 0.412 e. The summed E-state index contributed by atoms with van der Waals surface area (Å²) in [5.74, 6) is 1.23. The molecule has 6 nitrogen and oxygen atoms in total. The quantitative estimate of drug-likeness (QED) is 0.722. The highest BCUT2D eigenvalue weighted by molar-refractivity contribution is 5.85. The lowest BCUT2D eigenvalue weighted by Gasteiger charge is -2.19. The van der Waals surface area contributed by atoms with Crippen LogP contribution in [0.1, 0.15) is 20.8 Å². The first-order valence-electron chi connectivity index (χ1n) is 7.62. The SMILES string of the molecule is CNc1cc(Oc2cccc(NC(=O)OC(C)(C)C)c2)ccc1N. The van der Waals surface area contributed by atoms with Crippen molar-refractivity contribution in [3.8, 4) is 11.5 Å². The number of anilines is 3. The number of rotatable bonds is 4. The predicted octanol–water partition coefficient (Wildman–Crippen LogP) is 4.45. The van der Waals surface area contributed by atoms with Crippen molar-refractivity contribution in [2.45, 2.75) is 26.4 Å². The topological polar surface area (TPSA) is 85.6 Å². The number of nitrogens with two attached hydrogens (primary N) is 1. The van der Waals surface area contributed by atoms with Crippen LogP contribution in [0.25, 0.3) is 0 Å². The number of hydrogen-bond donors (Lipinski definition) is 3. The summed E-state index contributed by atoms with van der Waals surface area (Å²) >= 11 is 0. The number of carbonyl (C=O) groups excluding carboxylic acids is 1. The Morgan fingerprint density at radius 3 is 2.46 bits per heavy atom. The van der Waals surface area contributed by atoms with Gasteiger partial charge in [0.1, 0.15) is 17.1 Å². The average Bonchev–Trinajstić information content (AvgIpc) is 2.47. The molecule has 2 aromatic carbocycles. The van der Waals surface area contributed by atoms with Gasteiger partial charge < -0.3 is 20.5 Å². The van der Waals surface area contributed by atoms with Crippen LogP contribution in [-0.4, -0.2) is 18.7 Å². The molecule has 4 N–H and O–H groups in total. The van der Waals surface area contributed by atoms with Crippen LogP contribution >= 0.6 is 0 Å². The normalized spacial score (nSPS) is 10.8. The molecule has 0 bridgehead atoms. The minimum Gasteiger partial charge on any atom is -0.457 e. The molecule has 2 aromatic rings. The van der Waals surface area contributed by atoms with Crippen molar-refractivity contribution < 1.29 is 14.3 Å².